The van der Waals surface area contributed by atoms with Gasteiger partial charge < -0.3 is 14.2 Å². The minimum Gasteiger partial charge on any atom is -0.379 e. The van der Waals surface area contributed by atoms with E-state index in [1.165, 1.54) is 116 Å². The van der Waals surface area contributed by atoms with Crippen molar-refractivity contribution in [2.45, 2.75) is 166 Å². The molecule has 0 radical (unpaired) electrons. The van der Waals surface area contributed by atoms with Crippen LogP contribution in [0.3, 0.4) is 0 Å². The highest BCUT2D eigenvalue weighted by Gasteiger charge is 2.41. The van der Waals surface area contributed by atoms with Crippen LogP contribution in [0.2, 0.25) is 0 Å². The van der Waals surface area contributed by atoms with E-state index in [-0.39, 0.29) is 11.2 Å². The maximum Gasteiger partial charge on any atom is 0.0923 e. The zero-order chi connectivity index (χ0) is 23.5. The molecule has 0 spiro atoms. The molecule has 0 atom stereocenters. The van der Waals surface area contributed by atoms with Gasteiger partial charge in [-0.1, -0.05) is 116 Å². The molecule has 0 aromatic rings. The van der Waals surface area contributed by atoms with Gasteiger partial charge in [-0.15, -0.1) is 0 Å². The fourth-order valence-electron chi connectivity index (χ4n) is 6.10. The van der Waals surface area contributed by atoms with E-state index in [4.69, 9.17) is 14.2 Å². The van der Waals surface area contributed by atoms with Crippen molar-refractivity contribution in [3.63, 3.8) is 0 Å². The molecular weight excluding hydrogens is 408 g/mol. The van der Waals surface area contributed by atoms with Gasteiger partial charge in [-0.3, -0.25) is 0 Å². The summed E-state index contributed by atoms with van der Waals surface area (Å²) in [6.07, 6.45) is 29.1. The number of hydrogen-bond donors (Lipinski definition) is 0. The Morgan fingerprint density at radius 3 is 0.879 bits per heavy atom. The lowest BCUT2D eigenvalue weighted by atomic mass is 9.84. The van der Waals surface area contributed by atoms with E-state index >= 15 is 0 Å². The quantitative estimate of drug-likeness (QED) is 0.357. The summed E-state index contributed by atoms with van der Waals surface area (Å²) in [6.45, 7) is 7.35. The fourth-order valence-corrected chi connectivity index (χ4v) is 6.10. The third kappa shape index (κ3) is 12.4. The molecule has 196 valence electrons. The molecular formula is C30H58O3. The van der Waals surface area contributed by atoms with E-state index in [0.717, 1.165) is 52.1 Å². The van der Waals surface area contributed by atoms with Crippen molar-refractivity contribution in [2.24, 2.45) is 0 Å². The largest absolute Gasteiger partial charge is 0.379 e. The Bertz CT molecular complexity index is 386. The van der Waals surface area contributed by atoms with Crippen molar-refractivity contribution < 1.29 is 14.2 Å². The highest BCUT2D eigenvalue weighted by molar-refractivity contribution is 4.90. The van der Waals surface area contributed by atoms with Crippen LogP contribution >= 0.6 is 0 Å². The summed E-state index contributed by atoms with van der Waals surface area (Å²) in [7, 11) is 0. The first-order valence-corrected chi connectivity index (χ1v) is 15.1. The van der Waals surface area contributed by atoms with Crippen LogP contribution in [0, 0.1) is 0 Å². The van der Waals surface area contributed by atoms with Gasteiger partial charge >= 0.3 is 0 Å². The lowest BCUT2D eigenvalue weighted by molar-refractivity contribution is -0.215. The van der Waals surface area contributed by atoms with Crippen molar-refractivity contribution in [1.29, 1.82) is 0 Å². The molecule has 0 bridgehead atoms. The van der Waals surface area contributed by atoms with Gasteiger partial charge in [-0.2, -0.15) is 0 Å². The first-order chi connectivity index (χ1) is 16.2. The Labute approximate surface area is 207 Å². The molecule has 0 unspecified atom stereocenters. The van der Waals surface area contributed by atoms with Crippen molar-refractivity contribution in [3.05, 3.63) is 0 Å². The smallest absolute Gasteiger partial charge is 0.0923 e. The maximum absolute atomic E-state index is 7.47. The molecule has 0 aliphatic heterocycles. The summed E-state index contributed by atoms with van der Waals surface area (Å²) in [6, 6.07) is 0. The standard InChI is InChI=1S/C30H58O3/c1-3-31-27-29(23-19-15-11-7-5-8-12-16-20-24-29)33-30(28-32-4-2)25-21-17-13-9-6-10-14-18-22-26-30/h3-28H2,1-2H3. The Balaban J connectivity index is 2.21. The van der Waals surface area contributed by atoms with Gasteiger partial charge in [0.1, 0.15) is 0 Å². The van der Waals surface area contributed by atoms with Gasteiger partial charge in [-0.25, -0.2) is 0 Å². The van der Waals surface area contributed by atoms with E-state index in [1.54, 1.807) is 0 Å². The second-order valence-corrected chi connectivity index (χ2v) is 11.1. The molecule has 0 amide bonds. The molecule has 33 heavy (non-hydrogen) atoms. The van der Waals surface area contributed by atoms with Gasteiger partial charge in [0.25, 0.3) is 0 Å². The second kappa shape index (κ2) is 18.2. The molecule has 0 heterocycles. The predicted octanol–water partition coefficient (Wildman–Crippen LogP) is 9.16. The van der Waals surface area contributed by atoms with Crippen molar-refractivity contribution >= 4 is 0 Å². The molecule has 0 aromatic heterocycles. The minimum absolute atomic E-state index is 0.136. The highest BCUT2D eigenvalue weighted by Crippen LogP contribution is 2.38. The van der Waals surface area contributed by atoms with E-state index in [2.05, 4.69) is 13.8 Å². The SMILES string of the molecule is CCOCC1(OC2(COCC)CCCCCCCCCCC2)CCCCCCCCCCC1. The first kappa shape index (κ1) is 29.1. The average Bonchev–Trinajstić information content (AvgIpc) is 2.81. The number of rotatable bonds is 8. The molecule has 2 aliphatic carbocycles. The van der Waals surface area contributed by atoms with Crippen LogP contribution in [0.4, 0.5) is 0 Å². The molecule has 0 N–H and O–H groups in total. The third-order valence-electron chi connectivity index (χ3n) is 8.10. The monoisotopic (exact) mass is 466 g/mol. The average molecular weight is 467 g/mol. The lowest BCUT2D eigenvalue weighted by Crippen LogP contribution is -2.50. The van der Waals surface area contributed by atoms with Crippen LogP contribution in [-0.4, -0.2) is 37.6 Å². The summed E-state index contributed by atoms with van der Waals surface area (Å²) >= 11 is 0. The van der Waals surface area contributed by atoms with E-state index < -0.39 is 0 Å². The van der Waals surface area contributed by atoms with E-state index in [1.807, 2.05) is 0 Å². The number of ether oxygens (including phenoxy) is 3. The van der Waals surface area contributed by atoms with Gasteiger partial charge in [0.2, 0.25) is 0 Å². The van der Waals surface area contributed by atoms with E-state index in [9.17, 15) is 0 Å². The fraction of sp³-hybridized carbons (Fsp3) is 1.00. The zero-order valence-corrected chi connectivity index (χ0v) is 22.6. The molecule has 3 heteroatoms. The van der Waals surface area contributed by atoms with Crippen LogP contribution < -0.4 is 0 Å². The Hall–Kier alpha value is -0.120. The third-order valence-corrected chi connectivity index (χ3v) is 8.10. The summed E-state index contributed by atoms with van der Waals surface area (Å²) in [5.41, 5.74) is -0.271. The maximum atomic E-state index is 7.47. The van der Waals surface area contributed by atoms with Crippen molar-refractivity contribution in [1.82, 2.24) is 0 Å². The predicted molar refractivity (Wildman–Crippen MR) is 141 cm³/mol. The Morgan fingerprint density at radius 1 is 0.394 bits per heavy atom. The first-order valence-electron chi connectivity index (χ1n) is 15.1. The molecule has 0 saturated heterocycles. The second-order valence-electron chi connectivity index (χ2n) is 11.1. The lowest BCUT2D eigenvalue weighted by Gasteiger charge is -2.45. The van der Waals surface area contributed by atoms with E-state index in [0.29, 0.717) is 0 Å². The molecule has 2 aliphatic rings. The van der Waals surface area contributed by atoms with Crippen LogP contribution in [0.15, 0.2) is 0 Å². The molecule has 2 fully saturated rings. The highest BCUT2D eigenvalue weighted by atomic mass is 16.6. The topological polar surface area (TPSA) is 27.7 Å². The van der Waals surface area contributed by atoms with Gasteiger partial charge in [0.05, 0.1) is 24.4 Å². The minimum atomic E-state index is -0.136. The summed E-state index contributed by atoms with van der Waals surface area (Å²) in [4.78, 5) is 0. The Morgan fingerprint density at radius 2 is 0.636 bits per heavy atom. The van der Waals surface area contributed by atoms with Crippen molar-refractivity contribution in [2.75, 3.05) is 26.4 Å². The van der Waals surface area contributed by atoms with Gasteiger partial charge in [-0.05, 0) is 39.5 Å². The molecule has 3 nitrogen and oxygen atoms in total. The van der Waals surface area contributed by atoms with Crippen LogP contribution in [-0.2, 0) is 14.2 Å². The normalized spacial score (nSPS) is 24.5. The Kier molecular flexibility index (Phi) is 16.0. The summed E-state index contributed by atoms with van der Waals surface area (Å²) < 4.78 is 19.8. The summed E-state index contributed by atoms with van der Waals surface area (Å²) in [5.74, 6) is 0. The van der Waals surface area contributed by atoms with Gasteiger partial charge in [0.15, 0.2) is 0 Å². The van der Waals surface area contributed by atoms with Crippen LogP contribution in [0.5, 0.6) is 0 Å². The number of hydrogen-bond acceptors (Lipinski definition) is 3. The van der Waals surface area contributed by atoms with Gasteiger partial charge in [0, 0.05) is 13.2 Å². The molecule has 2 rings (SSSR count). The summed E-state index contributed by atoms with van der Waals surface area (Å²) in [5, 5.41) is 0. The molecule has 0 aromatic carbocycles. The van der Waals surface area contributed by atoms with Crippen molar-refractivity contribution in [3.8, 4) is 0 Å². The van der Waals surface area contributed by atoms with Crippen LogP contribution in [0.1, 0.15) is 155 Å². The van der Waals surface area contributed by atoms with Crippen LogP contribution in [0.25, 0.3) is 0 Å². The molecule has 2 saturated carbocycles. The zero-order valence-electron chi connectivity index (χ0n) is 22.6.